The topological polar surface area (TPSA) is 120 Å². The number of hydrogen-bond donors (Lipinski definition) is 0. The van der Waals surface area contributed by atoms with Gasteiger partial charge in [-0.05, 0) is 0 Å². The summed E-state index contributed by atoms with van der Waals surface area (Å²) in [6.07, 6.45) is 1.23. The van der Waals surface area contributed by atoms with E-state index in [-0.39, 0.29) is 17.5 Å². The second-order valence-corrected chi connectivity index (χ2v) is 2.99. The van der Waals surface area contributed by atoms with Crippen molar-refractivity contribution in [3.05, 3.63) is 48.0 Å². The predicted octanol–water partition coefficient (Wildman–Crippen LogP) is -2.27. The third-order valence-corrected chi connectivity index (χ3v) is 1.68. The van der Waals surface area contributed by atoms with Crippen LogP contribution < -0.4 is 15.3 Å². The first-order valence-corrected chi connectivity index (χ1v) is 4.72. The molecule has 1 aromatic rings. The number of hydrogen-bond acceptors (Lipinski definition) is 6. The van der Waals surface area contributed by atoms with Crippen LogP contribution in [0.3, 0.4) is 0 Å². The fraction of sp³-hybridized carbons (Fsp3) is 0.0833. The summed E-state index contributed by atoms with van der Waals surface area (Å²) in [4.78, 5) is 30.1. The number of aromatic carboxylic acids is 2. The first-order valence-electron chi connectivity index (χ1n) is 4.72. The molecule has 0 saturated carbocycles. The van der Waals surface area contributed by atoms with Gasteiger partial charge in [-0.25, -0.2) is 0 Å². The van der Waals surface area contributed by atoms with Crippen molar-refractivity contribution in [2.24, 2.45) is 0 Å². The maximum Gasteiger partial charge on any atom is 0.0721 e. The Morgan fingerprint density at radius 3 is 1.56 bits per heavy atom. The van der Waals surface area contributed by atoms with Crippen molar-refractivity contribution in [2.45, 2.75) is 6.42 Å². The molecule has 0 fully saturated rings. The van der Waals surface area contributed by atoms with Crippen LogP contribution in [0.5, 0.6) is 0 Å². The minimum Gasteiger partial charge on any atom is -0.550 e. The third-order valence-electron chi connectivity index (χ3n) is 1.68. The van der Waals surface area contributed by atoms with Gasteiger partial charge < -0.3 is 29.7 Å². The molecule has 0 radical (unpaired) electrons. The summed E-state index contributed by atoms with van der Waals surface area (Å²) in [6.45, 7) is 3.18. The zero-order valence-electron chi connectivity index (χ0n) is 9.25. The third kappa shape index (κ3) is 5.45. The van der Waals surface area contributed by atoms with Crippen LogP contribution in [0, 0.1) is 0 Å². The van der Waals surface area contributed by atoms with Crippen LogP contribution in [-0.2, 0) is 4.79 Å². The SMILES string of the molecule is C=CCC(=O)[O-].O=C([O-])c1ccccc1C(=O)[O-]. The van der Waals surface area contributed by atoms with Gasteiger partial charge in [0, 0.05) is 23.5 Å². The number of aliphatic carboxylic acids is 1. The van der Waals surface area contributed by atoms with E-state index >= 15 is 0 Å². The predicted molar refractivity (Wildman–Crippen MR) is 54.9 cm³/mol. The Labute approximate surface area is 103 Å². The maximum absolute atomic E-state index is 10.3. The van der Waals surface area contributed by atoms with E-state index < -0.39 is 17.9 Å². The molecule has 1 rings (SSSR count). The van der Waals surface area contributed by atoms with Gasteiger partial charge in [-0.1, -0.05) is 30.3 Å². The molecule has 18 heavy (non-hydrogen) atoms. The van der Waals surface area contributed by atoms with E-state index in [0.29, 0.717) is 0 Å². The summed E-state index contributed by atoms with van der Waals surface area (Å²) in [5.41, 5.74) is -0.727. The lowest BCUT2D eigenvalue weighted by Gasteiger charge is -2.09. The molecule has 0 spiro atoms. The standard InChI is InChI=1S/C8H6O4.C4H6O2/c9-7(10)5-3-1-2-4-6(5)8(11)12;1-2-3-4(5)6/h1-4H,(H,9,10)(H,11,12);2H,1,3H2,(H,5,6)/p-3. The van der Waals surface area contributed by atoms with Crippen LogP contribution in [-0.4, -0.2) is 17.9 Å². The average molecular weight is 249 g/mol. The first-order chi connectivity index (χ1) is 8.40. The monoisotopic (exact) mass is 249 g/mol. The van der Waals surface area contributed by atoms with Crippen LogP contribution in [0.15, 0.2) is 36.9 Å². The molecule has 0 aliphatic carbocycles. The largest absolute Gasteiger partial charge is 0.550 e. The molecule has 6 heteroatoms. The minimum atomic E-state index is -1.52. The molecule has 0 saturated heterocycles. The van der Waals surface area contributed by atoms with E-state index in [4.69, 9.17) is 0 Å². The number of rotatable bonds is 4. The zero-order valence-corrected chi connectivity index (χ0v) is 9.25. The molecule has 0 aliphatic rings. The van der Waals surface area contributed by atoms with Crippen LogP contribution >= 0.6 is 0 Å². The van der Waals surface area contributed by atoms with Gasteiger partial charge in [0.1, 0.15) is 0 Å². The van der Waals surface area contributed by atoms with Gasteiger partial charge in [0.15, 0.2) is 0 Å². The van der Waals surface area contributed by atoms with Crippen LogP contribution in [0.25, 0.3) is 0 Å². The van der Waals surface area contributed by atoms with Gasteiger partial charge in [-0.3, -0.25) is 0 Å². The van der Waals surface area contributed by atoms with Gasteiger partial charge in [0.05, 0.1) is 11.9 Å². The molecule has 0 unspecified atom stereocenters. The molecule has 0 amide bonds. The summed E-state index contributed by atoms with van der Waals surface area (Å²) in [7, 11) is 0. The summed E-state index contributed by atoms with van der Waals surface area (Å²) in [6, 6.07) is 5.14. The number of carbonyl (C=O) groups excluding carboxylic acids is 3. The molecular formula is C12H9O6-3. The van der Waals surface area contributed by atoms with Gasteiger partial charge >= 0.3 is 0 Å². The van der Waals surface area contributed by atoms with E-state index in [9.17, 15) is 29.7 Å². The highest BCUT2D eigenvalue weighted by Crippen LogP contribution is 2.05. The van der Waals surface area contributed by atoms with Gasteiger partial charge in [-0.2, -0.15) is 0 Å². The molecular weight excluding hydrogens is 240 g/mol. The smallest absolute Gasteiger partial charge is 0.0721 e. The number of benzene rings is 1. The summed E-state index contributed by atoms with van der Waals surface area (Å²) in [5.74, 6) is -4.12. The Bertz CT molecular complexity index is 430. The van der Waals surface area contributed by atoms with Crippen molar-refractivity contribution in [3.8, 4) is 0 Å². The minimum absolute atomic E-state index is 0.0556. The second-order valence-electron chi connectivity index (χ2n) is 2.99. The van der Waals surface area contributed by atoms with E-state index in [2.05, 4.69) is 6.58 Å². The Hall–Kier alpha value is -2.63. The van der Waals surface area contributed by atoms with Crippen LogP contribution in [0.2, 0.25) is 0 Å². The lowest BCUT2D eigenvalue weighted by atomic mass is 10.1. The van der Waals surface area contributed by atoms with Crippen molar-refractivity contribution >= 4 is 17.9 Å². The van der Waals surface area contributed by atoms with E-state index in [1.807, 2.05) is 0 Å². The van der Waals surface area contributed by atoms with Crippen LogP contribution in [0.4, 0.5) is 0 Å². The van der Waals surface area contributed by atoms with Crippen molar-refractivity contribution < 1.29 is 29.7 Å². The van der Waals surface area contributed by atoms with Crippen molar-refractivity contribution in [3.63, 3.8) is 0 Å². The van der Waals surface area contributed by atoms with E-state index in [0.717, 1.165) is 12.1 Å². The first kappa shape index (κ1) is 15.4. The molecule has 1 aromatic carbocycles. The molecule has 96 valence electrons. The lowest BCUT2D eigenvalue weighted by Crippen LogP contribution is -2.29. The highest BCUT2D eigenvalue weighted by Gasteiger charge is 2.01. The maximum atomic E-state index is 10.3. The normalized spacial score (nSPS) is 8.67. The molecule has 0 N–H and O–H groups in total. The highest BCUT2D eigenvalue weighted by atomic mass is 16.4. The average Bonchev–Trinajstić information content (AvgIpc) is 2.29. The van der Waals surface area contributed by atoms with Crippen molar-refractivity contribution in [1.82, 2.24) is 0 Å². The van der Waals surface area contributed by atoms with Crippen LogP contribution in [0.1, 0.15) is 27.1 Å². The molecule has 0 atom stereocenters. The van der Waals surface area contributed by atoms with Gasteiger partial charge in [0.2, 0.25) is 0 Å². The Kier molecular flexibility index (Phi) is 6.50. The molecule has 0 heterocycles. The Balaban J connectivity index is 0.000000411. The summed E-state index contributed by atoms with van der Waals surface area (Å²) in [5, 5.41) is 30.1. The van der Waals surface area contributed by atoms with Crippen molar-refractivity contribution in [1.29, 1.82) is 0 Å². The summed E-state index contributed by atoms with van der Waals surface area (Å²) < 4.78 is 0. The molecule has 6 nitrogen and oxygen atoms in total. The van der Waals surface area contributed by atoms with Gasteiger partial charge in [-0.15, -0.1) is 6.58 Å². The molecule has 0 bridgehead atoms. The quantitative estimate of drug-likeness (QED) is 0.554. The number of carbonyl (C=O) groups is 3. The lowest BCUT2D eigenvalue weighted by molar-refractivity contribution is -0.304. The van der Waals surface area contributed by atoms with E-state index in [1.54, 1.807) is 0 Å². The Morgan fingerprint density at radius 2 is 1.39 bits per heavy atom. The number of carboxylic acids is 3. The highest BCUT2D eigenvalue weighted by molar-refractivity contribution is 5.99. The fourth-order valence-corrected chi connectivity index (χ4v) is 0.957. The van der Waals surface area contributed by atoms with Crippen molar-refractivity contribution in [2.75, 3.05) is 0 Å². The second kappa shape index (κ2) is 7.61. The summed E-state index contributed by atoms with van der Waals surface area (Å²) >= 11 is 0. The fourth-order valence-electron chi connectivity index (χ4n) is 0.957. The number of carboxylic acid groups (broad SMARTS) is 3. The Morgan fingerprint density at radius 1 is 1.00 bits per heavy atom. The van der Waals surface area contributed by atoms with Gasteiger partial charge in [0.25, 0.3) is 0 Å². The zero-order chi connectivity index (χ0) is 14.1. The molecule has 0 aromatic heterocycles. The van der Waals surface area contributed by atoms with E-state index in [1.165, 1.54) is 18.2 Å². The molecule has 0 aliphatic heterocycles.